The maximum atomic E-state index is 15.0. The van der Waals surface area contributed by atoms with Gasteiger partial charge in [0.2, 0.25) is 17.0 Å². The molecule has 5 aliphatic heterocycles. The van der Waals surface area contributed by atoms with E-state index in [0.717, 1.165) is 31.4 Å². The van der Waals surface area contributed by atoms with E-state index in [1.165, 1.54) is 6.20 Å². The summed E-state index contributed by atoms with van der Waals surface area (Å²) < 4.78 is 41.7. The van der Waals surface area contributed by atoms with Gasteiger partial charge in [0.05, 0.1) is 55.7 Å². The number of piperazine rings is 2. The summed E-state index contributed by atoms with van der Waals surface area (Å²) in [6.07, 6.45) is 2.21. The summed E-state index contributed by atoms with van der Waals surface area (Å²) in [5.74, 6) is -4.77. The van der Waals surface area contributed by atoms with Crippen molar-refractivity contribution in [1.82, 2.24) is 14.1 Å². The number of ether oxygens (including phenoxy) is 2. The van der Waals surface area contributed by atoms with Crippen LogP contribution in [-0.4, -0.2) is 128 Å². The number of nitrogens with zero attached hydrogens (tertiary/aromatic N) is 6. The topological polar surface area (TPSA) is 188 Å². The molecule has 18 heteroatoms. The number of carbonyl (C=O) groups is 3. The average Bonchev–Trinajstić information content (AvgIpc) is 3.11. The molecule has 2 fully saturated rings. The molecule has 0 spiro atoms. The lowest BCUT2D eigenvalue weighted by Gasteiger charge is -2.50. The molecule has 5 aliphatic rings. The van der Waals surface area contributed by atoms with Crippen LogP contribution in [0.3, 0.4) is 0 Å². The number of likely N-dealkylation sites (N-methyl/N-ethyl adjacent to an activating group) is 2. The largest absolute Gasteiger partial charge is 0.633 e. The van der Waals surface area contributed by atoms with Crippen LogP contribution in [-0.2, 0) is 4.79 Å². The van der Waals surface area contributed by atoms with Crippen molar-refractivity contribution in [1.29, 1.82) is 0 Å². The number of pyridine rings is 1. The third kappa shape index (κ3) is 6.03. The van der Waals surface area contributed by atoms with Gasteiger partial charge in [0.15, 0.2) is 28.6 Å². The number of rotatable bonds is 4. The Morgan fingerprint density at radius 2 is 1.46 bits per heavy atom. The molecule has 0 radical (unpaired) electrons. The van der Waals surface area contributed by atoms with E-state index in [1.807, 2.05) is 18.9 Å². The molecular weight excluding hydrogens is 714 g/mol. The van der Waals surface area contributed by atoms with Crippen molar-refractivity contribution in [2.45, 2.75) is 25.9 Å². The van der Waals surface area contributed by atoms with Gasteiger partial charge in [-0.2, -0.15) is 0 Å². The fourth-order valence-corrected chi connectivity index (χ4v) is 7.63. The van der Waals surface area contributed by atoms with Crippen LogP contribution in [0.25, 0.3) is 10.9 Å². The zero-order chi connectivity index (χ0) is 39.0. The van der Waals surface area contributed by atoms with Crippen molar-refractivity contribution in [3.63, 3.8) is 0 Å². The lowest BCUT2D eigenvalue weighted by atomic mass is 9.93. The molecule has 3 atom stereocenters. The Balaban J connectivity index is 0.000000167. The lowest BCUT2D eigenvalue weighted by molar-refractivity contribution is -0.861. The monoisotopic (exact) mass is 754 g/mol. The SMILES string of the molecule is C[C@H]1COc2c(N3CCN(C)CC3)c(F)cc3c2[N+]1([O-])C=C(C(=O)O)C3=O.C[C@H]1COc2c(N3CC[N+](C)([O-])CC3)c(F)cc3c(=O)c(C(=O)O)cn1c23. The maximum absolute atomic E-state index is 15.0. The molecular formula is C36H40F2N6O10. The second-order valence-corrected chi connectivity index (χ2v) is 14.7. The minimum Gasteiger partial charge on any atom is -0.633 e. The second-order valence-electron chi connectivity index (χ2n) is 14.7. The number of Topliss-reactive ketones (excluding diaryl/α,β-unsaturated/α-hetero) is 1. The first-order valence-electron chi connectivity index (χ1n) is 17.5. The van der Waals surface area contributed by atoms with Gasteiger partial charge in [-0.05, 0) is 33.0 Å². The highest BCUT2D eigenvalue weighted by atomic mass is 19.1. The molecule has 2 aromatic carbocycles. The van der Waals surface area contributed by atoms with Crippen LogP contribution in [0.1, 0.15) is 40.6 Å². The zero-order valence-corrected chi connectivity index (χ0v) is 30.1. The van der Waals surface area contributed by atoms with Crippen LogP contribution >= 0.6 is 0 Å². The highest BCUT2D eigenvalue weighted by Gasteiger charge is 2.48. The van der Waals surface area contributed by atoms with Crippen molar-refractivity contribution < 1.29 is 47.5 Å². The van der Waals surface area contributed by atoms with Gasteiger partial charge < -0.3 is 54.0 Å². The molecule has 54 heavy (non-hydrogen) atoms. The molecule has 1 unspecified atom stereocenters. The molecule has 3 aromatic rings. The molecule has 6 heterocycles. The van der Waals surface area contributed by atoms with Crippen LogP contribution < -0.4 is 29.3 Å². The first-order chi connectivity index (χ1) is 25.4. The summed E-state index contributed by atoms with van der Waals surface area (Å²) in [5.41, 5.74) is -1.21. The highest BCUT2D eigenvalue weighted by Crippen LogP contribution is 2.52. The number of carbonyl (C=O) groups excluding carboxylic acids is 1. The first-order valence-corrected chi connectivity index (χ1v) is 17.5. The van der Waals surface area contributed by atoms with Crippen LogP contribution in [0.2, 0.25) is 0 Å². The van der Waals surface area contributed by atoms with Gasteiger partial charge in [0, 0.05) is 32.4 Å². The Kier molecular flexibility index (Phi) is 9.17. The van der Waals surface area contributed by atoms with Crippen molar-refractivity contribution in [3.05, 3.63) is 73.5 Å². The Hall–Kier alpha value is -5.14. The van der Waals surface area contributed by atoms with E-state index in [1.54, 1.807) is 23.4 Å². The number of hydrogen-bond acceptors (Lipinski definition) is 11. The van der Waals surface area contributed by atoms with E-state index in [9.17, 15) is 39.8 Å². The van der Waals surface area contributed by atoms with Crippen LogP contribution in [0, 0.1) is 22.0 Å². The maximum Gasteiger partial charge on any atom is 0.345 e. The highest BCUT2D eigenvalue weighted by molar-refractivity contribution is 6.27. The molecule has 0 amide bonds. The fourth-order valence-electron chi connectivity index (χ4n) is 7.63. The fraction of sp³-hybridized carbons (Fsp3) is 0.444. The number of hydroxylamine groups is 5. The smallest absolute Gasteiger partial charge is 0.345 e. The van der Waals surface area contributed by atoms with Crippen LogP contribution in [0.5, 0.6) is 11.5 Å². The number of anilines is 2. The number of carboxylic acids is 2. The van der Waals surface area contributed by atoms with Gasteiger partial charge in [-0.1, -0.05) is 0 Å². The Bertz CT molecular complexity index is 2190. The number of aromatic nitrogens is 1. The summed E-state index contributed by atoms with van der Waals surface area (Å²) >= 11 is 0. The normalized spacial score (nSPS) is 24.4. The summed E-state index contributed by atoms with van der Waals surface area (Å²) in [6.45, 7) is 7.61. The molecule has 0 bridgehead atoms. The van der Waals surface area contributed by atoms with E-state index in [0.29, 0.717) is 44.8 Å². The molecule has 8 rings (SSSR count). The number of carboxylic acid groups (broad SMARTS) is 2. The van der Waals surface area contributed by atoms with Crippen molar-refractivity contribution in [2.75, 3.05) is 89.5 Å². The van der Waals surface area contributed by atoms with Crippen molar-refractivity contribution in [3.8, 4) is 11.5 Å². The Labute approximate surface area is 307 Å². The molecule has 288 valence electrons. The van der Waals surface area contributed by atoms with Gasteiger partial charge in [-0.25, -0.2) is 18.4 Å². The van der Waals surface area contributed by atoms with Crippen molar-refractivity contribution >= 4 is 45.7 Å². The first kappa shape index (κ1) is 37.2. The van der Waals surface area contributed by atoms with Gasteiger partial charge in [-0.3, -0.25) is 14.2 Å². The van der Waals surface area contributed by atoms with E-state index in [2.05, 4.69) is 4.90 Å². The van der Waals surface area contributed by atoms with Crippen molar-refractivity contribution in [2.24, 2.45) is 0 Å². The number of quaternary nitrogens is 2. The van der Waals surface area contributed by atoms with Gasteiger partial charge in [-0.15, -0.1) is 0 Å². The molecule has 16 nitrogen and oxygen atoms in total. The third-order valence-electron chi connectivity index (χ3n) is 10.9. The summed E-state index contributed by atoms with van der Waals surface area (Å²) in [6, 6.07) is 1.20. The standard InChI is InChI=1S/2C18H20FN3O5/c1-10-9-27-17-14(21-5-3-20(2)4-6-21)13(19)7-11-15(17)22(10,26)8-12(16(11)23)18(24)25;1-10-9-27-17-14-11(16(23)12(18(24)25)8-21(10)14)7-13(19)15(17)20-3-5-22(2,26)6-4-20/h2*7-8,10H,3-6,9H2,1-2H3,(H,24,25)/t10-,22?;10-/m00/s1. The van der Waals surface area contributed by atoms with E-state index < -0.39 is 56.6 Å². The Morgan fingerprint density at radius 3 is 2.09 bits per heavy atom. The molecule has 0 aliphatic carbocycles. The molecule has 2 saturated heterocycles. The molecule has 0 saturated carbocycles. The van der Waals surface area contributed by atoms with Crippen LogP contribution in [0.4, 0.5) is 25.8 Å². The molecule has 2 N–H and O–H groups in total. The summed E-state index contributed by atoms with van der Waals surface area (Å²) in [7, 11) is 3.56. The number of aromatic carboxylic acids is 1. The minimum atomic E-state index is -1.50. The van der Waals surface area contributed by atoms with Gasteiger partial charge >= 0.3 is 11.9 Å². The summed E-state index contributed by atoms with van der Waals surface area (Å²) in [4.78, 5) is 53.7. The summed E-state index contributed by atoms with van der Waals surface area (Å²) in [5, 5.41) is 44.3. The Morgan fingerprint density at radius 1 is 0.870 bits per heavy atom. The quantitative estimate of drug-likeness (QED) is 0.225. The number of benzene rings is 2. The average molecular weight is 755 g/mol. The number of halogens is 2. The van der Waals surface area contributed by atoms with E-state index in [4.69, 9.17) is 9.47 Å². The van der Waals surface area contributed by atoms with E-state index >= 15 is 8.78 Å². The zero-order valence-electron chi connectivity index (χ0n) is 30.1. The van der Waals surface area contributed by atoms with Gasteiger partial charge in [0.1, 0.15) is 42.4 Å². The lowest BCUT2D eigenvalue weighted by Crippen LogP contribution is -2.55. The number of hydrogen-bond donors (Lipinski definition) is 2. The third-order valence-corrected chi connectivity index (χ3v) is 10.9. The second kappa shape index (κ2) is 13.3. The number of aliphatic carboxylic acids is 1. The van der Waals surface area contributed by atoms with E-state index in [-0.39, 0.29) is 63.4 Å². The minimum absolute atomic E-state index is 0.000854. The van der Waals surface area contributed by atoms with Gasteiger partial charge in [0.25, 0.3) is 0 Å². The number of ketones is 1. The molecule has 1 aromatic heterocycles. The van der Waals surface area contributed by atoms with Crippen LogP contribution in [0.15, 0.2) is 34.9 Å². The predicted molar refractivity (Wildman–Crippen MR) is 193 cm³/mol. The predicted octanol–water partition coefficient (Wildman–Crippen LogP) is 2.88.